The first-order chi connectivity index (χ1) is 15.9. The second-order valence-electron chi connectivity index (χ2n) is 10.0. The molecule has 10 nitrogen and oxygen atoms in total. The first-order valence-electron chi connectivity index (χ1n) is 11.8. The Morgan fingerprint density at radius 2 is 2.12 bits per heavy atom. The Balaban J connectivity index is 1.40. The first kappa shape index (κ1) is 21.7. The summed E-state index contributed by atoms with van der Waals surface area (Å²) in [6.45, 7) is 9.03. The average molecular weight is 452 g/mol. The summed E-state index contributed by atoms with van der Waals surface area (Å²) < 4.78 is 1.81. The van der Waals surface area contributed by atoms with Crippen molar-refractivity contribution in [3.63, 3.8) is 0 Å². The molecule has 0 aliphatic carbocycles. The second kappa shape index (κ2) is 8.66. The van der Waals surface area contributed by atoms with Gasteiger partial charge in [0.25, 0.3) is 0 Å². The lowest BCUT2D eigenvalue weighted by Crippen LogP contribution is -2.51. The van der Waals surface area contributed by atoms with Gasteiger partial charge in [-0.3, -0.25) is 9.89 Å². The van der Waals surface area contributed by atoms with Gasteiger partial charge in [-0.1, -0.05) is 20.8 Å². The van der Waals surface area contributed by atoms with Crippen LogP contribution in [-0.4, -0.2) is 62.4 Å². The van der Waals surface area contributed by atoms with E-state index in [4.69, 9.17) is 10.1 Å². The van der Waals surface area contributed by atoms with E-state index < -0.39 is 0 Å². The van der Waals surface area contributed by atoms with Crippen LogP contribution in [0, 0.1) is 0 Å². The Hall–Kier alpha value is -3.14. The molecule has 2 aliphatic heterocycles. The van der Waals surface area contributed by atoms with Crippen molar-refractivity contribution in [3.05, 3.63) is 30.1 Å². The number of carbonyl (C=O) groups excluding carboxylic acids is 1. The van der Waals surface area contributed by atoms with E-state index in [0.29, 0.717) is 17.6 Å². The summed E-state index contributed by atoms with van der Waals surface area (Å²) >= 11 is 0. The number of nitrogens with one attached hydrogen (secondary N) is 4. The molecule has 5 heterocycles. The van der Waals surface area contributed by atoms with E-state index in [0.717, 1.165) is 56.5 Å². The maximum atomic E-state index is 13.1. The Kier molecular flexibility index (Phi) is 5.69. The summed E-state index contributed by atoms with van der Waals surface area (Å²) in [5, 5.41) is 22.2. The highest BCUT2D eigenvalue weighted by Gasteiger charge is 2.34. The number of aromatic nitrogens is 5. The number of aromatic amines is 1. The molecule has 1 amide bonds. The molecule has 0 spiro atoms. The van der Waals surface area contributed by atoms with Crippen molar-refractivity contribution in [3.8, 4) is 0 Å². The quantitative estimate of drug-likeness (QED) is 0.471. The number of rotatable bonds is 5. The molecule has 4 N–H and O–H groups in total. The van der Waals surface area contributed by atoms with Gasteiger partial charge in [0, 0.05) is 42.5 Å². The van der Waals surface area contributed by atoms with Gasteiger partial charge in [0.2, 0.25) is 11.9 Å². The molecule has 2 atom stereocenters. The molecule has 2 aliphatic rings. The van der Waals surface area contributed by atoms with Crippen molar-refractivity contribution in [2.45, 2.75) is 64.0 Å². The minimum atomic E-state index is -0.259. The smallest absolute Gasteiger partial charge is 0.246 e. The summed E-state index contributed by atoms with van der Waals surface area (Å²) in [7, 11) is 0. The summed E-state index contributed by atoms with van der Waals surface area (Å²) in [4.78, 5) is 20.0. The Bertz CT molecular complexity index is 1120. The Morgan fingerprint density at radius 3 is 2.88 bits per heavy atom. The lowest BCUT2D eigenvalue weighted by atomic mass is 9.92. The fraction of sp³-hybridized carbons (Fsp3) is 0.565. The van der Waals surface area contributed by atoms with E-state index in [-0.39, 0.29) is 23.4 Å². The van der Waals surface area contributed by atoms with Crippen LogP contribution in [0.15, 0.2) is 24.4 Å². The number of nitrogens with zero attached hydrogens (tertiary/aromatic N) is 5. The van der Waals surface area contributed by atoms with E-state index in [9.17, 15) is 4.79 Å². The van der Waals surface area contributed by atoms with Gasteiger partial charge in [-0.2, -0.15) is 10.1 Å². The SMILES string of the molecule is CC(C)(C)c1cc(Nc2nc(N3CCC[C@H]3C(=O)N[C@@H]3CCCNC3)nn3cccc23)n[nH]1. The zero-order valence-electron chi connectivity index (χ0n) is 19.6. The van der Waals surface area contributed by atoms with Crippen LogP contribution in [0.1, 0.15) is 52.1 Å². The van der Waals surface area contributed by atoms with Crippen molar-refractivity contribution < 1.29 is 4.79 Å². The topological polar surface area (TPSA) is 115 Å². The molecular formula is C23H33N9O. The lowest BCUT2D eigenvalue weighted by molar-refractivity contribution is -0.123. The summed E-state index contributed by atoms with van der Waals surface area (Å²) in [6.07, 6.45) is 5.74. The third-order valence-corrected chi connectivity index (χ3v) is 6.47. The zero-order valence-corrected chi connectivity index (χ0v) is 19.6. The van der Waals surface area contributed by atoms with Gasteiger partial charge < -0.3 is 20.9 Å². The molecule has 0 saturated carbocycles. The van der Waals surface area contributed by atoms with E-state index in [2.05, 4.69) is 46.9 Å². The molecule has 10 heteroatoms. The van der Waals surface area contributed by atoms with Crippen molar-refractivity contribution >= 4 is 29.0 Å². The van der Waals surface area contributed by atoms with Gasteiger partial charge in [-0.05, 0) is 44.4 Å². The summed E-state index contributed by atoms with van der Waals surface area (Å²) in [5.41, 5.74) is 1.87. The monoisotopic (exact) mass is 451 g/mol. The third-order valence-electron chi connectivity index (χ3n) is 6.47. The first-order valence-corrected chi connectivity index (χ1v) is 11.8. The highest BCUT2D eigenvalue weighted by Crippen LogP contribution is 2.28. The van der Waals surface area contributed by atoms with Gasteiger partial charge in [-0.25, -0.2) is 4.52 Å². The minimum absolute atomic E-state index is 0.0296. The highest BCUT2D eigenvalue weighted by atomic mass is 16.2. The molecule has 3 aromatic heterocycles. The van der Waals surface area contributed by atoms with Crippen LogP contribution in [0.2, 0.25) is 0 Å². The molecule has 2 fully saturated rings. The average Bonchev–Trinajstić information content (AvgIpc) is 3.54. The normalized spacial score (nSPS) is 21.5. The number of H-pyrrole nitrogens is 1. The van der Waals surface area contributed by atoms with E-state index in [1.165, 1.54) is 0 Å². The van der Waals surface area contributed by atoms with Gasteiger partial charge in [0.15, 0.2) is 11.6 Å². The van der Waals surface area contributed by atoms with Gasteiger partial charge in [0.1, 0.15) is 11.6 Å². The predicted octanol–water partition coefficient (Wildman–Crippen LogP) is 2.33. The number of piperidine rings is 1. The predicted molar refractivity (Wildman–Crippen MR) is 128 cm³/mol. The highest BCUT2D eigenvalue weighted by molar-refractivity contribution is 5.86. The molecule has 0 unspecified atom stereocenters. The lowest BCUT2D eigenvalue weighted by Gasteiger charge is -2.28. The number of hydrogen-bond acceptors (Lipinski definition) is 7. The van der Waals surface area contributed by atoms with Gasteiger partial charge in [-0.15, -0.1) is 5.10 Å². The van der Waals surface area contributed by atoms with Crippen LogP contribution < -0.4 is 20.9 Å². The molecular weight excluding hydrogens is 418 g/mol. The third kappa shape index (κ3) is 4.52. The molecule has 2 saturated heterocycles. The molecule has 0 radical (unpaired) electrons. The number of amides is 1. The van der Waals surface area contributed by atoms with Crippen molar-refractivity contribution in [2.75, 3.05) is 29.9 Å². The second-order valence-corrected chi connectivity index (χ2v) is 10.0. The van der Waals surface area contributed by atoms with Crippen molar-refractivity contribution in [1.82, 2.24) is 35.4 Å². The standard InChI is InChI=1S/C23H33N9O/c1-23(2,3)18-13-19(29-28-18)26-20-16-8-6-12-32(16)30-22(27-20)31-11-5-9-17(31)21(33)25-15-7-4-10-24-14-15/h6,8,12-13,15,17,24H,4-5,7,9-11,14H2,1-3H3,(H,25,33)(H2,26,27,28,29,30)/t15-,17+/m1/s1. The van der Waals surface area contributed by atoms with Crippen LogP contribution in [0.5, 0.6) is 0 Å². The fourth-order valence-electron chi connectivity index (χ4n) is 4.58. The molecule has 33 heavy (non-hydrogen) atoms. The maximum absolute atomic E-state index is 13.1. The largest absolute Gasteiger partial charge is 0.350 e. The van der Waals surface area contributed by atoms with Crippen LogP contribution in [0.25, 0.3) is 5.52 Å². The maximum Gasteiger partial charge on any atom is 0.246 e. The molecule has 176 valence electrons. The van der Waals surface area contributed by atoms with E-state index in [1.807, 2.05) is 29.3 Å². The van der Waals surface area contributed by atoms with Crippen molar-refractivity contribution in [1.29, 1.82) is 0 Å². The van der Waals surface area contributed by atoms with Crippen LogP contribution in [0.4, 0.5) is 17.6 Å². The van der Waals surface area contributed by atoms with Crippen LogP contribution in [-0.2, 0) is 10.2 Å². The molecule has 5 rings (SSSR count). The van der Waals surface area contributed by atoms with Crippen LogP contribution >= 0.6 is 0 Å². The minimum Gasteiger partial charge on any atom is -0.350 e. The summed E-state index contributed by atoms with van der Waals surface area (Å²) in [6, 6.07) is 5.84. The zero-order chi connectivity index (χ0) is 23.0. The fourth-order valence-corrected chi connectivity index (χ4v) is 4.58. The van der Waals surface area contributed by atoms with Crippen molar-refractivity contribution in [2.24, 2.45) is 0 Å². The number of anilines is 3. The van der Waals surface area contributed by atoms with Gasteiger partial charge >= 0.3 is 0 Å². The Labute approximate surface area is 193 Å². The van der Waals surface area contributed by atoms with Gasteiger partial charge in [0.05, 0.1) is 0 Å². The molecule has 0 aromatic carbocycles. The number of fused-ring (bicyclic) bond motifs is 1. The summed E-state index contributed by atoms with van der Waals surface area (Å²) in [5.74, 6) is 1.98. The Morgan fingerprint density at radius 1 is 1.24 bits per heavy atom. The molecule has 3 aromatic rings. The number of hydrogen-bond donors (Lipinski definition) is 4. The van der Waals surface area contributed by atoms with E-state index >= 15 is 0 Å². The number of carbonyl (C=O) groups is 1. The van der Waals surface area contributed by atoms with E-state index in [1.54, 1.807) is 4.52 Å². The molecule has 0 bridgehead atoms. The van der Waals surface area contributed by atoms with Crippen LogP contribution in [0.3, 0.4) is 0 Å².